The molecule has 2 aromatic carbocycles. The lowest BCUT2D eigenvalue weighted by Crippen LogP contribution is -2.40. The maximum absolute atomic E-state index is 13.8. The molecule has 0 radical (unpaired) electrons. The Hall–Kier alpha value is -4.11. The number of fused-ring (bicyclic) bond motifs is 1. The third kappa shape index (κ3) is 5.43. The van der Waals surface area contributed by atoms with Crippen LogP contribution in [0.2, 0.25) is 0 Å². The van der Waals surface area contributed by atoms with Gasteiger partial charge >= 0.3 is 5.97 Å². The van der Waals surface area contributed by atoms with Gasteiger partial charge in [-0.15, -0.1) is 0 Å². The molecule has 0 saturated heterocycles. The number of thiazole rings is 1. The lowest BCUT2D eigenvalue weighted by Gasteiger charge is -2.25. The van der Waals surface area contributed by atoms with Crippen LogP contribution in [-0.2, 0) is 9.53 Å². The first-order valence-corrected chi connectivity index (χ1v) is 13.1. The number of nitrogens with zero attached hydrogens (tertiary/aromatic N) is 2. The molecule has 0 saturated carbocycles. The number of allylic oxidation sites excluding steroid dienone is 1. The second-order valence-electron chi connectivity index (χ2n) is 8.31. The van der Waals surface area contributed by atoms with Crippen LogP contribution in [0.15, 0.2) is 76.2 Å². The van der Waals surface area contributed by atoms with Gasteiger partial charge in [0, 0.05) is 0 Å². The number of rotatable bonds is 10. The molecule has 3 aromatic rings. The predicted octanol–water partition coefficient (Wildman–Crippen LogP) is 3.77. The molecule has 2 heterocycles. The summed E-state index contributed by atoms with van der Waals surface area (Å²) in [4.78, 5) is 32.0. The average molecular weight is 535 g/mol. The van der Waals surface area contributed by atoms with Crippen LogP contribution >= 0.6 is 11.3 Å². The SMILES string of the molecule is C=CCOc1ccc(/C=c2\sc3n(c2=O)C(c2ccc(OC)c(OCC)c2)C(C(=O)OCC)=C(C)N=3)cc1. The largest absolute Gasteiger partial charge is 0.493 e. The summed E-state index contributed by atoms with van der Waals surface area (Å²) in [6, 6.07) is 12.1. The number of benzene rings is 2. The van der Waals surface area contributed by atoms with Crippen molar-refractivity contribution in [1.29, 1.82) is 0 Å². The zero-order valence-corrected chi connectivity index (χ0v) is 22.7. The molecular weight excluding hydrogens is 504 g/mol. The minimum absolute atomic E-state index is 0.200. The van der Waals surface area contributed by atoms with Crippen molar-refractivity contribution in [3.05, 3.63) is 97.2 Å². The standard InChI is InChI=1S/C29H30N2O6S/c1-6-15-37-21-12-9-19(10-13-21)16-24-27(32)31-26(20-11-14-22(34-5)23(17-20)35-7-2)25(28(33)36-8-3)18(4)30-29(31)38-24/h6,9-14,16-17,26H,1,7-8,15H2,2-5H3/b24-16-. The molecule has 1 aliphatic rings. The van der Waals surface area contributed by atoms with Crippen molar-refractivity contribution < 1.29 is 23.7 Å². The fourth-order valence-corrected chi connectivity index (χ4v) is 5.25. The van der Waals surface area contributed by atoms with Crippen molar-refractivity contribution in [3.63, 3.8) is 0 Å². The Kier molecular flexibility index (Phi) is 8.48. The first-order chi connectivity index (χ1) is 18.4. The van der Waals surface area contributed by atoms with Gasteiger partial charge in [0.25, 0.3) is 5.56 Å². The van der Waals surface area contributed by atoms with Crippen LogP contribution in [-0.4, -0.2) is 37.5 Å². The summed E-state index contributed by atoms with van der Waals surface area (Å²) in [6.07, 6.45) is 3.49. The van der Waals surface area contributed by atoms with Gasteiger partial charge in [-0.05, 0) is 62.2 Å². The molecule has 0 bridgehead atoms. The molecular formula is C29H30N2O6S. The number of carbonyl (C=O) groups excluding carboxylic acids is 1. The van der Waals surface area contributed by atoms with E-state index in [1.54, 1.807) is 49.8 Å². The first-order valence-electron chi connectivity index (χ1n) is 12.3. The lowest BCUT2D eigenvalue weighted by atomic mass is 9.95. The molecule has 38 heavy (non-hydrogen) atoms. The molecule has 8 nitrogen and oxygen atoms in total. The Balaban J connectivity index is 1.87. The van der Waals surface area contributed by atoms with E-state index in [1.165, 1.54) is 11.3 Å². The van der Waals surface area contributed by atoms with Crippen molar-refractivity contribution in [2.45, 2.75) is 26.8 Å². The number of hydrogen-bond donors (Lipinski definition) is 0. The van der Waals surface area contributed by atoms with Gasteiger partial charge in [0.05, 0.1) is 42.2 Å². The van der Waals surface area contributed by atoms with E-state index < -0.39 is 12.0 Å². The highest BCUT2D eigenvalue weighted by Gasteiger charge is 2.34. The molecule has 0 aliphatic carbocycles. The molecule has 0 amide bonds. The van der Waals surface area contributed by atoms with E-state index in [9.17, 15) is 9.59 Å². The molecule has 0 spiro atoms. The summed E-state index contributed by atoms with van der Waals surface area (Å²) < 4.78 is 24.2. The molecule has 1 aliphatic heterocycles. The predicted molar refractivity (Wildman–Crippen MR) is 147 cm³/mol. The van der Waals surface area contributed by atoms with E-state index in [2.05, 4.69) is 11.6 Å². The highest BCUT2D eigenvalue weighted by Crippen LogP contribution is 2.36. The highest BCUT2D eigenvalue weighted by atomic mass is 32.1. The minimum atomic E-state index is -0.743. The van der Waals surface area contributed by atoms with Gasteiger partial charge in [0.15, 0.2) is 16.3 Å². The Morgan fingerprint density at radius 3 is 2.53 bits per heavy atom. The number of methoxy groups -OCH3 is 1. The number of ether oxygens (including phenoxy) is 4. The third-order valence-corrected chi connectivity index (χ3v) is 6.85. The van der Waals surface area contributed by atoms with Gasteiger partial charge in [0.2, 0.25) is 0 Å². The topological polar surface area (TPSA) is 88.3 Å². The van der Waals surface area contributed by atoms with Crippen molar-refractivity contribution in [2.24, 2.45) is 4.99 Å². The Bertz CT molecular complexity index is 1550. The van der Waals surface area contributed by atoms with Crippen LogP contribution < -0.4 is 29.1 Å². The van der Waals surface area contributed by atoms with Crippen molar-refractivity contribution in [2.75, 3.05) is 26.9 Å². The van der Waals surface area contributed by atoms with Gasteiger partial charge < -0.3 is 18.9 Å². The van der Waals surface area contributed by atoms with E-state index >= 15 is 0 Å². The molecule has 198 valence electrons. The zero-order valence-electron chi connectivity index (χ0n) is 21.9. The minimum Gasteiger partial charge on any atom is -0.493 e. The van der Waals surface area contributed by atoms with Gasteiger partial charge in [-0.3, -0.25) is 9.36 Å². The first kappa shape index (κ1) is 26.9. The lowest BCUT2D eigenvalue weighted by molar-refractivity contribution is -0.139. The summed E-state index contributed by atoms with van der Waals surface area (Å²) in [5, 5.41) is 0. The third-order valence-electron chi connectivity index (χ3n) is 5.87. The fraction of sp³-hybridized carbons (Fsp3) is 0.276. The molecule has 1 atom stereocenters. The maximum Gasteiger partial charge on any atom is 0.338 e. The average Bonchev–Trinajstić information content (AvgIpc) is 3.21. The van der Waals surface area contributed by atoms with Crippen LogP contribution in [0.4, 0.5) is 0 Å². The Morgan fingerprint density at radius 1 is 1.11 bits per heavy atom. The van der Waals surface area contributed by atoms with E-state index in [1.807, 2.05) is 37.3 Å². The molecule has 1 unspecified atom stereocenters. The molecule has 0 fully saturated rings. The van der Waals surface area contributed by atoms with Gasteiger partial charge in [-0.25, -0.2) is 9.79 Å². The van der Waals surface area contributed by atoms with E-state index in [4.69, 9.17) is 18.9 Å². The van der Waals surface area contributed by atoms with Crippen molar-refractivity contribution >= 4 is 23.4 Å². The highest BCUT2D eigenvalue weighted by molar-refractivity contribution is 7.07. The normalized spacial score (nSPS) is 14.9. The number of carbonyl (C=O) groups is 1. The van der Waals surface area contributed by atoms with Crippen LogP contribution in [0.3, 0.4) is 0 Å². The summed E-state index contributed by atoms with van der Waals surface area (Å²) >= 11 is 1.27. The van der Waals surface area contributed by atoms with Crippen LogP contribution in [0, 0.1) is 0 Å². The zero-order chi connectivity index (χ0) is 27.2. The fourth-order valence-electron chi connectivity index (χ4n) is 4.21. The Labute approximate surface area is 224 Å². The van der Waals surface area contributed by atoms with Crippen molar-refractivity contribution in [1.82, 2.24) is 4.57 Å². The van der Waals surface area contributed by atoms with Gasteiger partial charge in [-0.2, -0.15) is 0 Å². The monoisotopic (exact) mass is 534 g/mol. The molecule has 9 heteroatoms. The van der Waals surface area contributed by atoms with Gasteiger partial charge in [0.1, 0.15) is 12.4 Å². The van der Waals surface area contributed by atoms with Gasteiger partial charge in [-0.1, -0.05) is 42.2 Å². The Morgan fingerprint density at radius 2 is 1.87 bits per heavy atom. The summed E-state index contributed by atoms with van der Waals surface area (Å²) in [5.74, 6) is 1.27. The van der Waals surface area contributed by atoms with Crippen LogP contribution in [0.5, 0.6) is 17.2 Å². The molecule has 4 rings (SSSR count). The maximum atomic E-state index is 13.8. The summed E-state index contributed by atoms with van der Waals surface area (Å²) in [5.41, 5.74) is 2.07. The quantitative estimate of drug-likeness (QED) is 0.291. The second-order valence-corrected chi connectivity index (χ2v) is 9.32. The van der Waals surface area contributed by atoms with E-state index in [0.29, 0.717) is 56.6 Å². The van der Waals surface area contributed by atoms with Crippen molar-refractivity contribution in [3.8, 4) is 17.2 Å². The number of hydrogen-bond acceptors (Lipinski definition) is 8. The number of aromatic nitrogens is 1. The summed E-state index contributed by atoms with van der Waals surface area (Å²) in [7, 11) is 1.56. The number of esters is 1. The smallest absolute Gasteiger partial charge is 0.338 e. The molecule has 0 N–H and O–H groups in total. The van der Waals surface area contributed by atoms with Crippen LogP contribution in [0.25, 0.3) is 6.08 Å². The summed E-state index contributed by atoms with van der Waals surface area (Å²) in [6.45, 7) is 10.1. The van der Waals surface area contributed by atoms with E-state index in [0.717, 1.165) is 5.56 Å². The van der Waals surface area contributed by atoms with Crippen LogP contribution in [0.1, 0.15) is 37.9 Å². The molecule has 1 aromatic heterocycles. The second kappa shape index (κ2) is 12.0. The van der Waals surface area contributed by atoms with E-state index in [-0.39, 0.29) is 12.2 Å².